The average Bonchev–Trinajstić information content (AvgIpc) is 2.85. The zero-order chi connectivity index (χ0) is 13.8. The van der Waals surface area contributed by atoms with Gasteiger partial charge in [0.15, 0.2) is 0 Å². The van der Waals surface area contributed by atoms with E-state index in [2.05, 4.69) is 24.1 Å². The van der Waals surface area contributed by atoms with Crippen molar-refractivity contribution in [2.45, 2.75) is 26.3 Å². The molecule has 1 aromatic carbocycles. The molecule has 0 spiro atoms. The fourth-order valence-corrected chi connectivity index (χ4v) is 3.08. The van der Waals surface area contributed by atoms with Crippen LogP contribution in [-0.4, -0.2) is 11.5 Å². The highest BCUT2D eigenvalue weighted by molar-refractivity contribution is 7.15. The van der Waals surface area contributed by atoms with E-state index in [1.54, 1.807) is 18.3 Å². The molecule has 2 aromatic rings. The first kappa shape index (κ1) is 14.4. The summed E-state index contributed by atoms with van der Waals surface area (Å²) in [7, 11) is 0. The molecule has 1 heterocycles. The van der Waals surface area contributed by atoms with Crippen LogP contribution in [0.25, 0.3) is 10.6 Å². The van der Waals surface area contributed by atoms with Gasteiger partial charge in [0.2, 0.25) is 0 Å². The summed E-state index contributed by atoms with van der Waals surface area (Å²) in [4.78, 5) is 5.38. The molecule has 0 amide bonds. The van der Waals surface area contributed by atoms with Crippen molar-refractivity contribution in [2.75, 3.05) is 6.54 Å². The van der Waals surface area contributed by atoms with Crippen LogP contribution in [0.4, 0.5) is 4.39 Å². The van der Waals surface area contributed by atoms with Crippen LogP contribution in [0.1, 0.15) is 31.2 Å². The van der Waals surface area contributed by atoms with Gasteiger partial charge in [0.1, 0.15) is 10.8 Å². The Morgan fingerprint density at radius 1 is 1.47 bits per heavy atom. The van der Waals surface area contributed by atoms with E-state index < -0.39 is 0 Å². The standard InChI is InChI=1S/C14H16ClFN2S/c1-3-7-17-9(2)12-8-18-14(19-12)13-10(15)5-4-6-11(13)16/h4-6,8-9,17H,3,7H2,1-2H3. The van der Waals surface area contributed by atoms with Crippen LogP contribution >= 0.6 is 22.9 Å². The predicted molar refractivity (Wildman–Crippen MR) is 79.2 cm³/mol. The molecule has 0 aliphatic rings. The molecule has 1 aromatic heterocycles. The second kappa shape index (κ2) is 6.46. The summed E-state index contributed by atoms with van der Waals surface area (Å²) < 4.78 is 13.8. The fourth-order valence-electron chi connectivity index (χ4n) is 1.77. The molecule has 0 saturated carbocycles. The maximum Gasteiger partial charge on any atom is 0.134 e. The van der Waals surface area contributed by atoms with E-state index in [4.69, 9.17) is 11.6 Å². The Kier molecular flexibility index (Phi) is 4.91. The summed E-state index contributed by atoms with van der Waals surface area (Å²) >= 11 is 7.52. The van der Waals surface area contributed by atoms with Gasteiger partial charge >= 0.3 is 0 Å². The summed E-state index contributed by atoms with van der Waals surface area (Å²) in [6.07, 6.45) is 2.87. The van der Waals surface area contributed by atoms with Crippen LogP contribution in [0.15, 0.2) is 24.4 Å². The Bertz CT molecular complexity index is 536. The summed E-state index contributed by atoms with van der Waals surface area (Å²) in [5.74, 6) is -0.331. The normalized spacial score (nSPS) is 12.6. The molecule has 2 rings (SSSR count). The number of thiazole rings is 1. The lowest BCUT2D eigenvalue weighted by atomic mass is 10.2. The van der Waals surface area contributed by atoms with Crippen LogP contribution < -0.4 is 5.32 Å². The van der Waals surface area contributed by atoms with Gasteiger partial charge in [-0.2, -0.15) is 0 Å². The number of halogens is 2. The Morgan fingerprint density at radius 2 is 2.26 bits per heavy atom. The van der Waals surface area contributed by atoms with Gasteiger partial charge < -0.3 is 5.32 Å². The molecule has 1 unspecified atom stereocenters. The molecule has 0 aliphatic carbocycles. The first-order chi connectivity index (χ1) is 9.13. The maximum atomic E-state index is 13.8. The number of nitrogens with zero attached hydrogens (tertiary/aromatic N) is 1. The smallest absolute Gasteiger partial charge is 0.134 e. The number of benzene rings is 1. The molecule has 0 aliphatic heterocycles. The van der Waals surface area contributed by atoms with Crippen molar-refractivity contribution in [2.24, 2.45) is 0 Å². The van der Waals surface area contributed by atoms with Gasteiger partial charge in [-0.25, -0.2) is 9.37 Å². The van der Waals surface area contributed by atoms with Crippen molar-refractivity contribution in [1.29, 1.82) is 0 Å². The SMILES string of the molecule is CCCNC(C)c1cnc(-c2c(F)cccc2Cl)s1. The molecule has 1 N–H and O–H groups in total. The van der Waals surface area contributed by atoms with Crippen molar-refractivity contribution in [1.82, 2.24) is 10.3 Å². The first-order valence-electron chi connectivity index (χ1n) is 6.27. The third-order valence-corrected chi connectivity index (χ3v) is 4.34. The number of nitrogens with one attached hydrogen (secondary N) is 1. The van der Waals surface area contributed by atoms with Gasteiger partial charge in [-0.3, -0.25) is 0 Å². The minimum Gasteiger partial charge on any atom is -0.309 e. The van der Waals surface area contributed by atoms with E-state index in [1.165, 1.54) is 17.4 Å². The number of hydrogen-bond donors (Lipinski definition) is 1. The molecule has 1 atom stereocenters. The second-order valence-electron chi connectivity index (χ2n) is 4.34. The van der Waals surface area contributed by atoms with Crippen LogP contribution in [0.3, 0.4) is 0 Å². The summed E-state index contributed by atoms with van der Waals surface area (Å²) in [6.45, 7) is 5.15. The lowest BCUT2D eigenvalue weighted by Gasteiger charge is -2.09. The summed E-state index contributed by atoms with van der Waals surface area (Å²) in [5, 5.41) is 4.41. The molecular weight excluding hydrogens is 283 g/mol. The van der Waals surface area contributed by atoms with Gasteiger partial charge in [-0.1, -0.05) is 24.6 Å². The monoisotopic (exact) mass is 298 g/mol. The van der Waals surface area contributed by atoms with Gasteiger partial charge in [0, 0.05) is 17.1 Å². The van der Waals surface area contributed by atoms with Gasteiger partial charge in [-0.15, -0.1) is 11.3 Å². The van der Waals surface area contributed by atoms with Crippen LogP contribution in [0.5, 0.6) is 0 Å². The second-order valence-corrected chi connectivity index (χ2v) is 5.81. The van der Waals surface area contributed by atoms with Crippen molar-refractivity contribution in [3.63, 3.8) is 0 Å². The quantitative estimate of drug-likeness (QED) is 0.868. The topological polar surface area (TPSA) is 24.9 Å². The van der Waals surface area contributed by atoms with Gasteiger partial charge in [0.05, 0.1) is 10.6 Å². The van der Waals surface area contributed by atoms with E-state index in [-0.39, 0.29) is 11.9 Å². The first-order valence-corrected chi connectivity index (χ1v) is 7.46. The molecule has 0 bridgehead atoms. The summed E-state index contributed by atoms with van der Waals surface area (Å²) in [5.41, 5.74) is 0.392. The van der Waals surface area contributed by atoms with Crippen molar-refractivity contribution < 1.29 is 4.39 Å². The van der Waals surface area contributed by atoms with E-state index in [1.807, 2.05) is 0 Å². The lowest BCUT2D eigenvalue weighted by molar-refractivity contribution is 0.577. The highest BCUT2D eigenvalue weighted by Crippen LogP contribution is 2.34. The summed E-state index contributed by atoms with van der Waals surface area (Å²) in [6, 6.07) is 4.90. The van der Waals surface area contributed by atoms with E-state index in [0.29, 0.717) is 15.6 Å². The minimum absolute atomic E-state index is 0.219. The van der Waals surface area contributed by atoms with Gasteiger partial charge in [0.25, 0.3) is 0 Å². The van der Waals surface area contributed by atoms with Crippen LogP contribution in [0.2, 0.25) is 5.02 Å². The van der Waals surface area contributed by atoms with Crippen molar-refractivity contribution >= 4 is 22.9 Å². The minimum atomic E-state index is -0.331. The Balaban J connectivity index is 2.26. The van der Waals surface area contributed by atoms with E-state index >= 15 is 0 Å². The lowest BCUT2D eigenvalue weighted by Crippen LogP contribution is -2.18. The Morgan fingerprint density at radius 3 is 2.95 bits per heavy atom. The molecular formula is C14H16ClFN2S. The highest BCUT2D eigenvalue weighted by Gasteiger charge is 2.15. The Labute approximate surface area is 121 Å². The molecule has 0 saturated heterocycles. The molecule has 0 radical (unpaired) electrons. The van der Waals surface area contributed by atoms with Crippen molar-refractivity contribution in [3.05, 3.63) is 40.1 Å². The largest absolute Gasteiger partial charge is 0.309 e. The number of rotatable bonds is 5. The van der Waals surface area contributed by atoms with E-state index in [0.717, 1.165) is 17.8 Å². The van der Waals surface area contributed by atoms with Gasteiger partial charge in [-0.05, 0) is 32.0 Å². The molecule has 19 heavy (non-hydrogen) atoms. The zero-order valence-corrected chi connectivity index (χ0v) is 12.5. The predicted octanol–water partition coefficient (Wildman–Crippen LogP) is 4.66. The van der Waals surface area contributed by atoms with Crippen molar-refractivity contribution in [3.8, 4) is 10.6 Å². The van der Waals surface area contributed by atoms with Crippen LogP contribution in [0, 0.1) is 5.82 Å². The molecule has 102 valence electrons. The van der Waals surface area contributed by atoms with E-state index in [9.17, 15) is 4.39 Å². The number of hydrogen-bond acceptors (Lipinski definition) is 3. The fraction of sp³-hybridized carbons (Fsp3) is 0.357. The third kappa shape index (κ3) is 3.32. The molecule has 2 nitrogen and oxygen atoms in total. The number of aromatic nitrogens is 1. The highest BCUT2D eigenvalue weighted by atomic mass is 35.5. The molecule has 0 fully saturated rings. The molecule has 5 heteroatoms. The average molecular weight is 299 g/mol. The van der Waals surface area contributed by atoms with Crippen LogP contribution in [-0.2, 0) is 0 Å². The Hall–Kier alpha value is -0.970. The zero-order valence-electron chi connectivity index (χ0n) is 10.9. The third-order valence-electron chi connectivity index (χ3n) is 2.83. The maximum absolute atomic E-state index is 13.8.